The van der Waals surface area contributed by atoms with E-state index in [1.165, 1.54) is 11.3 Å². The van der Waals surface area contributed by atoms with Crippen molar-refractivity contribution >= 4 is 38.9 Å². The van der Waals surface area contributed by atoms with Crippen molar-refractivity contribution in [1.82, 2.24) is 4.98 Å². The number of allylic oxidation sites excluding steroid dienone is 1. The third-order valence-corrected chi connectivity index (χ3v) is 7.66. The van der Waals surface area contributed by atoms with Crippen molar-refractivity contribution in [3.63, 3.8) is 0 Å². The Morgan fingerprint density at radius 3 is 2.67 bits per heavy atom. The van der Waals surface area contributed by atoms with E-state index in [-0.39, 0.29) is 35.8 Å². The average Bonchev–Trinajstić information content (AvgIpc) is 3.28. The number of carbonyl (C=O) groups excluding carboxylic acids is 2. The predicted molar refractivity (Wildman–Crippen MR) is 126 cm³/mol. The van der Waals surface area contributed by atoms with Gasteiger partial charge in [0, 0.05) is 6.42 Å². The Labute approximate surface area is 196 Å². The molecule has 170 valence electrons. The van der Waals surface area contributed by atoms with E-state index in [1.807, 2.05) is 24.3 Å². The van der Waals surface area contributed by atoms with E-state index in [4.69, 9.17) is 14.2 Å². The highest BCUT2D eigenvalue weighted by atomic mass is 32.1. The van der Waals surface area contributed by atoms with Gasteiger partial charge in [-0.25, -0.2) is 9.78 Å². The van der Waals surface area contributed by atoms with E-state index >= 15 is 0 Å². The largest absolute Gasteiger partial charge is 0.497 e. The first-order valence-electron chi connectivity index (χ1n) is 11.2. The van der Waals surface area contributed by atoms with Gasteiger partial charge in [0.25, 0.3) is 0 Å². The lowest BCUT2D eigenvalue weighted by atomic mass is 9.72. The summed E-state index contributed by atoms with van der Waals surface area (Å²) in [5, 5.41) is 0.695. The second-order valence-corrected chi connectivity index (χ2v) is 9.51. The summed E-state index contributed by atoms with van der Waals surface area (Å²) in [6.45, 7) is 2.07. The maximum Gasteiger partial charge on any atom is 0.338 e. The van der Waals surface area contributed by atoms with Gasteiger partial charge in [-0.15, -0.1) is 11.3 Å². The number of ketones is 1. The Bertz CT molecular complexity index is 1180. The summed E-state index contributed by atoms with van der Waals surface area (Å²) in [5.41, 5.74) is 1.90. The van der Waals surface area contributed by atoms with E-state index in [1.54, 1.807) is 37.6 Å². The number of fused-ring (bicyclic) bond motifs is 2. The summed E-state index contributed by atoms with van der Waals surface area (Å²) in [6.07, 6.45) is 2.90. The van der Waals surface area contributed by atoms with Crippen molar-refractivity contribution < 1.29 is 23.8 Å². The Morgan fingerprint density at radius 2 is 1.94 bits per heavy atom. The molecule has 0 radical (unpaired) electrons. The zero-order chi connectivity index (χ0) is 22.9. The van der Waals surface area contributed by atoms with Crippen LogP contribution in [0.2, 0.25) is 0 Å². The van der Waals surface area contributed by atoms with Crippen LogP contribution in [0.25, 0.3) is 15.8 Å². The van der Waals surface area contributed by atoms with E-state index in [9.17, 15) is 9.59 Å². The van der Waals surface area contributed by atoms with Crippen LogP contribution in [0, 0.1) is 11.8 Å². The number of hydrogen-bond acceptors (Lipinski definition) is 7. The highest BCUT2D eigenvalue weighted by molar-refractivity contribution is 7.19. The molecule has 2 heterocycles. The van der Waals surface area contributed by atoms with Gasteiger partial charge < -0.3 is 14.2 Å². The second-order valence-electron chi connectivity index (χ2n) is 8.48. The Balaban J connectivity index is 1.33. The smallest absolute Gasteiger partial charge is 0.338 e. The van der Waals surface area contributed by atoms with Gasteiger partial charge in [0.15, 0.2) is 5.78 Å². The molecule has 1 saturated carbocycles. The van der Waals surface area contributed by atoms with Gasteiger partial charge in [0.1, 0.15) is 23.0 Å². The highest BCUT2D eigenvalue weighted by Gasteiger charge is 2.45. The summed E-state index contributed by atoms with van der Waals surface area (Å²) >= 11 is 1.50. The maximum atomic E-state index is 13.4. The van der Waals surface area contributed by atoms with Crippen LogP contribution in [0.5, 0.6) is 5.75 Å². The van der Waals surface area contributed by atoms with Crippen LogP contribution < -0.4 is 4.74 Å². The van der Waals surface area contributed by atoms with E-state index in [0.29, 0.717) is 34.7 Å². The van der Waals surface area contributed by atoms with Crippen LogP contribution in [0.4, 0.5) is 0 Å². The lowest BCUT2D eigenvalue weighted by Gasteiger charge is -2.41. The zero-order valence-electron chi connectivity index (χ0n) is 18.5. The minimum Gasteiger partial charge on any atom is -0.497 e. The van der Waals surface area contributed by atoms with E-state index in [0.717, 1.165) is 16.6 Å². The topological polar surface area (TPSA) is 74.7 Å². The molecule has 6 nitrogen and oxygen atoms in total. The van der Waals surface area contributed by atoms with Crippen LogP contribution in [0.1, 0.15) is 41.6 Å². The van der Waals surface area contributed by atoms with Crippen LogP contribution in [-0.4, -0.2) is 36.1 Å². The minimum atomic E-state index is -0.368. The number of esters is 1. The molecule has 4 atom stereocenters. The normalized spacial score (nSPS) is 24.5. The molecule has 4 unspecified atom stereocenters. The van der Waals surface area contributed by atoms with Crippen molar-refractivity contribution in [2.24, 2.45) is 11.8 Å². The molecule has 2 aromatic carbocycles. The lowest BCUT2D eigenvalue weighted by molar-refractivity contribution is -0.129. The van der Waals surface area contributed by atoms with Crippen LogP contribution in [0.15, 0.2) is 54.8 Å². The number of aromatic nitrogens is 1. The molecule has 1 aliphatic carbocycles. The molecule has 1 aliphatic heterocycles. The fourth-order valence-electron chi connectivity index (χ4n) is 4.70. The molecule has 1 fully saturated rings. The molecule has 1 aromatic heterocycles. The van der Waals surface area contributed by atoms with E-state index < -0.39 is 0 Å². The van der Waals surface area contributed by atoms with Crippen LogP contribution >= 0.6 is 11.3 Å². The summed E-state index contributed by atoms with van der Waals surface area (Å²) in [7, 11) is 1.58. The van der Waals surface area contributed by atoms with Crippen molar-refractivity contribution in [1.29, 1.82) is 0 Å². The zero-order valence-corrected chi connectivity index (χ0v) is 19.3. The molecule has 2 aliphatic rings. The second kappa shape index (κ2) is 8.98. The fourth-order valence-corrected chi connectivity index (χ4v) is 5.68. The number of ether oxygens (including phenoxy) is 3. The van der Waals surface area contributed by atoms with Gasteiger partial charge in [0.2, 0.25) is 0 Å². The van der Waals surface area contributed by atoms with Gasteiger partial charge in [-0.2, -0.15) is 0 Å². The SMILES string of the molecule is CCC1CC2C(=O)C(c3nc4ccccc4s3)=COC2CC1OC(=O)c1ccc(OC)cc1. The quantitative estimate of drug-likeness (QED) is 0.480. The Morgan fingerprint density at radius 1 is 1.15 bits per heavy atom. The van der Waals surface area contributed by atoms with Gasteiger partial charge in [-0.3, -0.25) is 4.79 Å². The monoisotopic (exact) mass is 463 g/mol. The van der Waals surface area contributed by atoms with Gasteiger partial charge in [0.05, 0.1) is 40.6 Å². The number of methoxy groups -OCH3 is 1. The molecule has 3 aromatic rings. The van der Waals surface area contributed by atoms with Crippen molar-refractivity contribution in [3.05, 3.63) is 65.4 Å². The first-order chi connectivity index (χ1) is 16.1. The van der Waals surface area contributed by atoms with Gasteiger partial charge in [-0.05, 0) is 55.2 Å². The summed E-state index contributed by atoms with van der Waals surface area (Å²) in [5.74, 6) is 0.230. The van der Waals surface area contributed by atoms with Crippen LogP contribution in [-0.2, 0) is 14.3 Å². The number of thiazole rings is 1. The number of nitrogens with zero attached hydrogens (tertiary/aromatic N) is 1. The third kappa shape index (κ3) is 4.13. The van der Waals surface area contributed by atoms with Crippen molar-refractivity contribution in [2.45, 2.75) is 38.4 Å². The van der Waals surface area contributed by atoms with Gasteiger partial charge >= 0.3 is 5.97 Å². The fraction of sp³-hybridized carbons (Fsp3) is 0.346. The van der Waals surface area contributed by atoms with E-state index in [2.05, 4.69) is 11.9 Å². The molecule has 0 saturated heterocycles. The molecule has 5 rings (SSSR count). The predicted octanol–water partition coefficient (Wildman–Crippen LogP) is 5.28. The summed E-state index contributed by atoms with van der Waals surface area (Å²) < 4.78 is 18.1. The highest BCUT2D eigenvalue weighted by Crippen LogP contribution is 2.42. The number of rotatable bonds is 5. The number of hydrogen-bond donors (Lipinski definition) is 0. The lowest BCUT2D eigenvalue weighted by Crippen LogP contribution is -2.46. The number of benzene rings is 2. The third-order valence-electron chi connectivity index (χ3n) is 6.59. The molecule has 0 spiro atoms. The Kier molecular flexibility index (Phi) is 5.89. The van der Waals surface area contributed by atoms with Crippen molar-refractivity contribution in [2.75, 3.05) is 7.11 Å². The number of carbonyl (C=O) groups is 2. The molecule has 33 heavy (non-hydrogen) atoms. The number of para-hydroxylation sites is 1. The standard InChI is InChI=1S/C26H25NO5S/c1-3-15-12-18-22(13-21(15)32-26(29)16-8-10-17(30-2)11-9-16)31-14-19(24(18)28)25-27-20-6-4-5-7-23(20)33-25/h4-11,14-15,18,21-22H,3,12-13H2,1-2H3. The van der Waals surface area contributed by atoms with Crippen LogP contribution in [0.3, 0.4) is 0 Å². The Hall–Kier alpha value is -3.19. The van der Waals surface area contributed by atoms with Crippen molar-refractivity contribution in [3.8, 4) is 5.75 Å². The maximum absolute atomic E-state index is 13.4. The minimum absolute atomic E-state index is 0.0729. The molecular weight excluding hydrogens is 438 g/mol. The molecule has 7 heteroatoms. The molecule has 0 bridgehead atoms. The molecule has 0 N–H and O–H groups in total. The number of Topliss-reactive ketones (excluding diaryl/α,β-unsaturated/α-hetero) is 1. The summed E-state index contributed by atoms with van der Waals surface area (Å²) in [4.78, 5) is 30.8. The first-order valence-corrected chi connectivity index (χ1v) is 12.0. The average molecular weight is 464 g/mol. The summed E-state index contributed by atoms with van der Waals surface area (Å²) in [6, 6.07) is 14.7. The van der Waals surface area contributed by atoms with Gasteiger partial charge in [-0.1, -0.05) is 19.1 Å². The molecule has 0 amide bonds. The molecular formula is C26H25NO5S. The first kappa shape index (κ1) is 21.6.